The fourth-order valence-corrected chi connectivity index (χ4v) is 1.50. The Bertz CT molecular complexity index is 121. The maximum atomic E-state index is 13.1. The molecule has 2 nitrogen and oxygen atoms in total. The fourth-order valence-electron chi connectivity index (χ4n) is 1.50. The molecule has 1 aliphatic heterocycles. The summed E-state index contributed by atoms with van der Waals surface area (Å²) in [4.78, 5) is 2.11. The lowest BCUT2D eigenvalue weighted by Gasteiger charge is -2.32. The molecule has 1 heterocycles. The first-order valence-electron chi connectivity index (χ1n) is 4.17. The zero-order valence-electron chi connectivity index (χ0n) is 7.22. The van der Waals surface area contributed by atoms with Crippen molar-refractivity contribution < 1.29 is 9.13 Å². The van der Waals surface area contributed by atoms with Gasteiger partial charge in [-0.15, -0.1) is 0 Å². The molecule has 1 aliphatic rings. The Morgan fingerprint density at radius 3 is 2.82 bits per heavy atom. The molecule has 0 aromatic carbocycles. The van der Waals surface area contributed by atoms with Gasteiger partial charge < -0.3 is 9.64 Å². The van der Waals surface area contributed by atoms with Gasteiger partial charge in [-0.3, -0.25) is 0 Å². The van der Waals surface area contributed by atoms with Gasteiger partial charge in [0, 0.05) is 20.2 Å². The van der Waals surface area contributed by atoms with E-state index in [0.717, 1.165) is 19.5 Å². The SMILES string of the molecule is CCN1CCC(OC)C(F)C1. The van der Waals surface area contributed by atoms with Crippen LogP contribution in [0.3, 0.4) is 0 Å². The van der Waals surface area contributed by atoms with Crippen LogP contribution in [-0.2, 0) is 4.74 Å². The minimum absolute atomic E-state index is 0.169. The highest BCUT2D eigenvalue weighted by Gasteiger charge is 2.27. The van der Waals surface area contributed by atoms with Crippen LogP contribution in [0.5, 0.6) is 0 Å². The Morgan fingerprint density at radius 2 is 2.36 bits per heavy atom. The fraction of sp³-hybridized carbons (Fsp3) is 1.00. The molecule has 1 rings (SSSR count). The molecule has 11 heavy (non-hydrogen) atoms. The molecule has 3 heteroatoms. The van der Waals surface area contributed by atoms with Crippen molar-refractivity contribution in [1.82, 2.24) is 4.90 Å². The number of alkyl halides is 1. The van der Waals surface area contributed by atoms with Gasteiger partial charge in [0.2, 0.25) is 0 Å². The predicted molar refractivity (Wildman–Crippen MR) is 42.4 cm³/mol. The Balaban J connectivity index is 2.34. The lowest BCUT2D eigenvalue weighted by Crippen LogP contribution is -2.45. The van der Waals surface area contributed by atoms with E-state index in [-0.39, 0.29) is 6.10 Å². The molecule has 0 aromatic rings. The van der Waals surface area contributed by atoms with Crippen LogP contribution in [0, 0.1) is 0 Å². The van der Waals surface area contributed by atoms with Crippen molar-refractivity contribution in [3.63, 3.8) is 0 Å². The number of hydrogen-bond donors (Lipinski definition) is 0. The van der Waals surface area contributed by atoms with Gasteiger partial charge in [-0.05, 0) is 13.0 Å². The molecule has 1 saturated heterocycles. The molecule has 0 saturated carbocycles. The summed E-state index contributed by atoms with van der Waals surface area (Å²) in [5.41, 5.74) is 0. The monoisotopic (exact) mass is 161 g/mol. The Morgan fingerprint density at radius 1 is 1.64 bits per heavy atom. The molecule has 0 amide bonds. The Labute approximate surface area is 67.3 Å². The second-order valence-electron chi connectivity index (χ2n) is 2.97. The van der Waals surface area contributed by atoms with Crippen molar-refractivity contribution in [1.29, 1.82) is 0 Å². The number of rotatable bonds is 2. The van der Waals surface area contributed by atoms with Crippen LogP contribution in [0.4, 0.5) is 4.39 Å². The number of nitrogens with zero attached hydrogens (tertiary/aromatic N) is 1. The van der Waals surface area contributed by atoms with Crippen molar-refractivity contribution in [2.24, 2.45) is 0 Å². The highest BCUT2D eigenvalue weighted by atomic mass is 19.1. The second kappa shape index (κ2) is 4.02. The number of hydrogen-bond acceptors (Lipinski definition) is 2. The first kappa shape index (κ1) is 8.94. The summed E-state index contributed by atoms with van der Waals surface area (Å²) < 4.78 is 18.1. The second-order valence-corrected chi connectivity index (χ2v) is 2.97. The zero-order valence-corrected chi connectivity index (χ0v) is 7.22. The van der Waals surface area contributed by atoms with Crippen LogP contribution in [-0.4, -0.2) is 43.9 Å². The molecule has 0 N–H and O–H groups in total. The van der Waals surface area contributed by atoms with Gasteiger partial charge in [0.1, 0.15) is 6.17 Å². The van der Waals surface area contributed by atoms with Crippen molar-refractivity contribution in [3.05, 3.63) is 0 Å². The van der Waals surface area contributed by atoms with Gasteiger partial charge in [-0.2, -0.15) is 0 Å². The number of piperidine rings is 1. The van der Waals surface area contributed by atoms with Gasteiger partial charge in [0.25, 0.3) is 0 Å². The summed E-state index contributed by atoms with van der Waals surface area (Å²) in [6, 6.07) is 0. The standard InChI is InChI=1S/C8H16FNO/c1-3-10-5-4-8(11-2)7(9)6-10/h7-8H,3-6H2,1-2H3. The molecule has 0 aliphatic carbocycles. The molecular weight excluding hydrogens is 145 g/mol. The molecule has 0 aromatic heterocycles. The predicted octanol–water partition coefficient (Wildman–Crippen LogP) is 1.07. The summed E-state index contributed by atoms with van der Waals surface area (Å²) >= 11 is 0. The normalized spacial score (nSPS) is 34.1. The van der Waals surface area contributed by atoms with E-state index in [1.807, 2.05) is 0 Å². The third kappa shape index (κ3) is 2.14. The average molecular weight is 161 g/mol. The molecule has 2 atom stereocenters. The molecular formula is C8H16FNO. The minimum Gasteiger partial charge on any atom is -0.378 e. The summed E-state index contributed by atoms with van der Waals surface area (Å²) in [6.07, 6.45) is -0.141. The highest BCUT2D eigenvalue weighted by molar-refractivity contribution is 4.79. The maximum absolute atomic E-state index is 13.1. The lowest BCUT2D eigenvalue weighted by atomic mass is 10.1. The molecule has 66 valence electrons. The van der Waals surface area contributed by atoms with Crippen LogP contribution in [0.25, 0.3) is 0 Å². The van der Waals surface area contributed by atoms with E-state index in [1.165, 1.54) is 0 Å². The van der Waals surface area contributed by atoms with Crippen LogP contribution in [0.1, 0.15) is 13.3 Å². The average Bonchev–Trinajstić information content (AvgIpc) is 2.04. The molecule has 1 fully saturated rings. The quantitative estimate of drug-likeness (QED) is 0.600. The molecule has 0 radical (unpaired) electrons. The summed E-state index contributed by atoms with van der Waals surface area (Å²) in [5, 5.41) is 0. The van der Waals surface area contributed by atoms with Crippen molar-refractivity contribution in [2.45, 2.75) is 25.6 Å². The van der Waals surface area contributed by atoms with E-state index in [9.17, 15) is 4.39 Å². The van der Waals surface area contributed by atoms with E-state index in [4.69, 9.17) is 4.74 Å². The largest absolute Gasteiger partial charge is 0.378 e. The summed E-state index contributed by atoms with van der Waals surface area (Å²) in [5.74, 6) is 0. The first-order chi connectivity index (χ1) is 5.27. The smallest absolute Gasteiger partial charge is 0.139 e. The third-order valence-corrected chi connectivity index (χ3v) is 2.32. The van der Waals surface area contributed by atoms with Gasteiger partial charge in [-0.1, -0.05) is 6.92 Å². The number of methoxy groups -OCH3 is 1. The lowest BCUT2D eigenvalue weighted by molar-refractivity contribution is -0.0207. The van der Waals surface area contributed by atoms with E-state index in [2.05, 4.69) is 11.8 Å². The third-order valence-electron chi connectivity index (χ3n) is 2.32. The van der Waals surface area contributed by atoms with Crippen LogP contribution >= 0.6 is 0 Å². The maximum Gasteiger partial charge on any atom is 0.139 e. The van der Waals surface area contributed by atoms with E-state index in [1.54, 1.807) is 7.11 Å². The molecule has 2 unspecified atom stereocenters. The van der Waals surface area contributed by atoms with Crippen LogP contribution < -0.4 is 0 Å². The van der Waals surface area contributed by atoms with Crippen molar-refractivity contribution >= 4 is 0 Å². The number of ether oxygens (including phenoxy) is 1. The van der Waals surface area contributed by atoms with Gasteiger partial charge in [0.15, 0.2) is 0 Å². The minimum atomic E-state index is -0.798. The molecule has 0 spiro atoms. The van der Waals surface area contributed by atoms with E-state index in [0.29, 0.717) is 6.54 Å². The van der Waals surface area contributed by atoms with Crippen LogP contribution in [0.2, 0.25) is 0 Å². The zero-order chi connectivity index (χ0) is 8.27. The Kier molecular flexibility index (Phi) is 3.27. The first-order valence-corrected chi connectivity index (χ1v) is 4.17. The van der Waals surface area contributed by atoms with E-state index < -0.39 is 6.17 Å². The van der Waals surface area contributed by atoms with Gasteiger partial charge >= 0.3 is 0 Å². The summed E-state index contributed by atoms with van der Waals surface area (Å²) in [7, 11) is 1.58. The van der Waals surface area contributed by atoms with Crippen molar-refractivity contribution in [3.8, 4) is 0 Å². The highest BCUT2D eigenvalue weighted by Crippen LogP contribution is 2.15. The van der Waals surface area contributed by atoms with Crippen LogP contribution in [0.15, 0.2) is 0 Å². The van der Waals surface area contributed by atoms with Crippen molar-refractivity contribution in [2.75, 3.05) is 26.7 Å². The van der Waals surface area contributed by atoms with Gasteiger partial charge in [0.05, 0.1) is 6.10 Å². The summed E-state index contributed by atoms with van der Waals surface area (Å²) in [6.45, 7) is 4.50. The molecule has 0 bridgehead atoms. The van der Waals surface area contributed by atoms with Gasteiger partial charge in [-0.25, -0.2) is 4.39 Å². The topological polar surface area (TPSA) is 12.5 Å². The Hall–Kier alpha value is -0.150. The number of likely N-dealkylation sites (tertiary alicyclic amines) is 1. The number of halogens is 1. The van der Waals surface area contributed by atoms with E-state index >= 15 is 0 Å².